The van der Waals surface area contributed by atoms with Gasteiger partial charge in [0.05, 0.1) is 0 Å². The van der Waals surface area contributed by atoms with Crippen molar-refractivity contribution in [3.05, 3.63) is 60.7 Å². The molecule has 0 fully saturated rings. The fourth-order valence-electron chi connectivity index (χ4n) is 2.57. The monoisotopic (exact) mass is 308 g/mol. The van der Waals surface area contributed by atoms with Gasteiger partial charge in [-0.1, -0.05) is 54.6 Å². The molecular weight excluding hydrogens is 292 g/mol. The number of hydrogen-bond acceptors (Lipinski definition) is 3. The molecule has 0 N–H and O–H groups in total. The highest BCUT2D eigenvalue weighted by Gasteiger charge is 2.15. The number of carbonyl (C=O) groups excluding carboxylic acids is 1. The van der Waals surface area contributed by atoms with Crippen LogP contribution >= 0.6 is 11.8 Å². The average Bonchev–Trinajstić information content (AvgIpc) is 2.55. The summed E-state index contributed by atoms with van der Waals surface area (Å²) in [6.07, 6.45) is 2.06. The number of benzene rings is 3. The molecule has 0 amide bonds. The molecule has 3 heteroatoms. The van der Waals surface area contributed by atoms with E-state index in [1.807, 2.05) is 48.5 Å². The summed E-state index contributed by atoms with van der Waals surface area (Å²) in [6, 6.07) is 20.1. The van der Waals surface area contributed by atoms with Gasteiger partial charge in [0.2, 0.25) is 0 Å². The molecule has 22 heavy (non-hydrogen) atoms. The number of ether oxygens (including phenoxy) is 1. The molecule has 0 saturated heterocycles. The van der Waals surface area contributed by atoms with Crippen LogP contribution in [0.5, 0.6) is 5.75 Å². The molecule has 3 rings (SSSR count). The molecule has 0 spiro atoms. The minimum atomic E-state index is -0.306. The highest BCUT2D eigenvalue weighted by molar-refractivity contribution is 7.98. The largest absolute Gasteiger partial charge is 0.425 e. The van der Waals surface area contributed by atoms with Gasteiger partial charge >= 0.3 is 5.97 Å². The zero-order valence-corrected chi connectivity index (χ0v) is 13.3. The molecule has 0 aliphatic heterocycles. The maximum atomic E-state index is 11.6. The van der Waals surface area contributed by atoms with Crippen LogP contribution in [0.25, 0.3) is 21.9 Å². The van der Waals surface area contributed by atoms with Crippen LogP contribution in [0, 0.1) is 0 Å². The Morgan fingerprint density at radius 2 is 1.59 bits per heavy atom. The number of carbonyl (C=O) groups is 1. The van der Waals surface area contributed by atoms with Crippen molar-refractivity contribution in [2.75, 3.05) is 6.26 Å². The summed E-state index contributed by atoms with van der Waals surface area (Å²) in [7, 11) is 0. The summed E-state index contributed by atoms with van der Waals surface area (Å²) in [5, 5.41) is 2.06. The van der Waals surface area contributed by atoms with Crippen LogP contribution in [0.4, 0.5) is 0 Å². The zero-order valence-electron chi connectivity index (χ0n) is 12.5. The molecule has 0 aromatic heterocycles. The number of rotatable bonds is 3. The van der Waals surface area contributed by atoms with Gasteiger partial charge < -0.3 is 4.74 Å². The Balaban J connectivity index is 2.36. The molecular formula is C19H16O2S. The first-order valence-electron chi connectivity index (χ1n) is 7.04. The van der Waals surface area contributed by atoms with Crippen molar-refractivity contribution in [3.8, 4) is 16.9 Å². The number of esters is 1. The molecule has 0 heterocycles. The van der Waals surface area contributed by atoms with Gasteiger partial charge in [0.1, 0.15) is 5.75 Å². The van der Waals surface area contributed by atoms with Crippen molar-refractivity contribution < 1.29 is 9.53 Å². The molecule has 0 atom stereocenters. The van der Waals surface area contributed by atoms with Crippen LogP contribution in [0.1, 0.15) is 6.92 Å². The van der Waals surface area contributed by atoms with Gasteiger partial charge in [-0.2, -0.15) is 0 Å². The SMILES string of the molecule is CSc1cc(-c2ccccc2)c(OC(C)=O)c2ccccc12. The highest BCUT2D eigenvalue weighted by atomic mass is 32.2. The second-order valence-electron chi connectivity index (χ2n) is 4.96. The second-order valence-corrected chi connectivity index (χ2v) is 5.81. The quantitative estimate of drug-likeness (QED) is 0.380. The smallest absolute Gasteiger partial charge is 0.308 e. The van der Waals surface area contributed by atoms with E-state index in [1.54, 1.807) is 11.8 Å². The molecule has 3 aromatic carbocycles. The molecule has 110 valence electrons. The topological polar surface area (TPSA) is 26.3 Å². The third kappa shape index (κ3) is 2.72. The van der Waals surface area contributed by atoms with E-state index in [0.717, 1.165) is 21.9 Å². The van der Waals surface area contributed by atoms with Crippen molar-refractivity contribution in [3.63, 3.8) is 0 Å². The van der Waals surface area contributed by atoms with Gasteiger partial charge in [-0.3, -0.25) is 4.79 Å². The molecule has 0 aliphatic rings. The lowest BCUT2D eigenvalue weighted by molar-refractivity contribution is -0.131. The van der Waals surface area contributed by atoms with Gasteiger partial charge in [-0.05, 0) is 23.3 Å². The fraction of sp³-hybridized carbons (Fsp3) is 0.105. The van der Waals surface area contributed by atoms with Crippen molar-refractivity contribution in [2.45, 2.75) is 11.8 Å². The van der Waals surface area contributed by atoms with Crippen molar-refractivity contribution in [1.29, 1.82) is 0 Å². The van der Waals surface area contributed by atoms with E-state index in [2.05, 4.69) is 18.4 Å². The van der Waals surface area contributed by atoms with Crippen LogP contribution in [-0.2, 0) is 4.79 Å². The summed E-state index contributed by atoms with van der Waals surface area (Å²) in [5.41, 5.74) is 1.98. The molecule has 0 saturated carbocycles. The lowest BCUT2D eigenvalue weighted by Gasteiger charge is -2.15. The zero-order chi connectivity index (χ0) is 15.5. The van der Waals surface area contributed by atoms with E-state index >= 15 is 0 Å². The first-order valence-corrected chi connectivity index (χ1v) is 8.26. The summed E-state index contributed by atoms with van der Waals surface area (Å²) >= 11 is 1.69. The van der Waals surface area contributed by atoms with Gasteiger partial charge in [-0.15, -0.1) is 11.8 Å². The van der Waals surface area contributed by atoms with Gasteiger partial charge in [-0.25, -0.2) is 0 Å². The fourth-order valence-corrected chi connectivity index (χ4v) is 3.20. The third-order valence-electron chi connectivity index (χ3n) is 3.51. The second kappa shape index (κ2) is 6.24. The summed E-state index contributed by atoms with van der Waals surface area (Å²) in [4.78, 5) is 12.7. The van der Waals surface area contributed by atoms with Crippen LogP contribution in [0.2, 0.25) is 0 Å². The first kappa shape index (κ1) is 14.7. The Hall–Kier alpha value is -2.26. The van der Waals surface area contributed by atoms with E-state index < -0.39 is 0 Å². The summed E-state index contributed by atoms with van der Waals surface area (Å²) < 4.78 is 5.56. The van der Waals surface area contributed by atoms with Crippen LogP contribution in [0.15, 0.2) is 65.6 Å². The van der Waals surface area contributed by atoms with Gasteiger partial charge in [0.25, 0.3) is 0 Å². The van der Waals surface area contributed by atoms with E-state index in [9.17, 15) is 4.79 Å². The predicted molar refractivity (Wildman–Crippen MR) is 92.5 cm³/mol. The highest BCUT2D eigenvalue weighted by Crippen LogP contribution is 2.41. The minimum Gasteiger partial charge on any atom is -0.425 e. The summed E-state index contributed by atoms with van der Waals surface area (Å²) in [5.74, 6) is 0.325. The lowest BCUT2D eigenvalue weighted by Crippen LogP contribution is -2.03. The Labute approximate surface area is 134 Å². The normalized spacial score (nSPS) is 10.6. The summed E-state index contributed by atoms with van der Waals surface area (Å²) in [6.45, 7) is 1.44. The van der Waals surface area contributed by atoms with E-state index in [1.165, 1.54) is 11.8 Å². The average molecular weight is 308 g/mol. The first-order chi connectivity index (χ1) is 10.7. The molecule has 0 unspecified atom stereocenters. The van der Waals surface area contributed by atoms with Crippen LogP contribution in [0.3, 0.4) is 0 Å². The van der Waals surface area contributed by atoms with Crippen LogP contribution < -0.4 is 4.74 Å². The van der Waals surface area contributed by atoms with Crippen molar-refractivity contribution >= 4 is 28.5 Å². The van der Waals surface area contributed by atoms with E-state index in [-0.39, 0.29) is 5.97 Å². The minimum absolute atomic E-state index is 0.306. The Morgan fingerprint density at radius 1 is 0.955 bits per heavy atom. The van der Waals surface area contributed by atoms with Gasteiger partial charge in [0, 0.05) is 22.8 Å². The number of thioether (sulfide) groups is 1. The molecule has 2 nitrogen and oxygen atoms in total. The number of hydrogen-bond donors (Lipinski definition) is 0. The third-order valence-corrected chi connectivity index (χ3v) is 4.29. The molecule has 3 aromatic rings. The van der Waals surface area contributed by atoms with Gasteiger partial charge in [0.15, 0.2) is 0 Å². The van der Waals surface area contributed by atoms with E-state index in [4.69, 9.17) is 4.74 Å². The van der Waals surface area contributed by atoms with E-state index in [0.29, 0.717) is 5.75 Å². The maximum Gasteiger partial charge on any atom is 0.308 e. The molecule has 0 aliphatic carbocycles. The molecule has 0 radical (unpaired) electrons. The van der Waals surface area contributed by atoms with Crippen molar-refractivity contribution in [1.82, 2.24) is 0 Å². The standard InChI is InChI=1S/C19H16O2S/c1-13(20)21-19-16-11-7-6-10-15(16)18(22-2)12-17(19)14-8-4-3-5-9-14/h3-12H,1-2H3. The Kier molecular flexibility index (Phi) is 4.16. The van der Waals surface area contributed by atoms with Crippen LogP contribution in [-0.4, -0.2) is 12.2 Å². The number of fused-ring (bicyclic) bond motifs is 1. The predicted octanol–water partition coefficient (Wildman–Crippen LogP) is 5.15. The lowest BCUT2D eigenvalue weighted by atomic mass is 9.99. The Morgan fingerprint density at radius 3 is 2.23 bits per heavy atom. The molecule has 0 bridgehead atoms. The van der Waals surface area contributed by atoms with Crippen molar-refractivity contribution in [2.24, 2.45) is 0 Å². The maximum absolute atomic E-state index is 11.6. The Bertz CT molecular complexity index is 825.